The number of nitrogens with zero attached hydrogens (tertiary/aromatic N) is 2. The molecule has 0 saturated heterocycles. The summed E-state index contributed by atoms with van der Waals surface area (Å²) in [6.07, 6.45) is 0.0918. The van der Waals surface area contributed by atoms with E-state index in [1.54, 1.807) is 29.2 Å². The van der Waals surface area contributed by atoms with Gasteiger partial charge in [-0.15, -0.1) is 0 Å². The molecule has 0 bridgehead atoms. The number of para-hydroxylation sites is 1. The van der Waals surface area contributed by atoms with E-state index in [1.165, 1.54) is 7.11 Å². The van der Waals surface area contributed by atoms with Crippen molar-refractivity contribution in [1.82, 2.24) is 0 Å². The van der Waals surface area contributed by atoms with Crippen LogP contribution in [0.5, 0.6) is 0 Å². The average Bonchev–Trinajstić information content (AvgIpc) is 2.62. The van der Waals surface area contributed by atoms with E-state index in [0.717, 1.165) is 11.3 Å². The Bertz CT molecular complexity index is 793. The van der Waals surface area contributed by atoms with E-state index < -0.39 is 0 Å². The molecule has 0 aliphatic carbocycles. The second-order valence-electron chi connectivity index (χ2n) is 5.26. The zero-order valence-electron chi connectivity index (χ0n) is 13.7. The van der Waals surface area contributed by atoms with E-state index in [1.807, 2.05) is 37.3 Å². The minimum Gasteiger partial charge on any atom is -0.469 e. The number of nitriles is 1. The Morgan fingerprint density at radius 2 is 1.92 bits per heavy atom. The second-order valence-corrected chi connectivity index (χ2v) is 5.26. The van der Waals surface area contributed by atoms with Crippen molar-refractivity contribution in [2.75, 3.05) is 18.6 Å². The Balaban J connectivity index is 2.37. The summed E-state index contributed by atoms with van der Waals surface area (Å²) in [5.74, 6) is -0.641. The van der Waals surface area contributed by atoms with Crippen molar-refractivity contribution in [1.29, 1.82) is 5.26 Å². The van der Waals surface area contributed by atoms with Gasteiger partial charge >= 0.3 is 5.97 Å². The van der Waals surface area contributed by atoms with Crippen molar-refractivity contribution in [3.63, 3.8) is 0 Å². The lowest BCUT2D eigenvalue weighted by molar-refractivity contribution is -0.140. The number of amides is 1. The molecule has 0 atom stereocenters. The highest BCUT2D eigenvalue weighted by atomic mass is 16.5. The first-order valence-electron chi connectivity index (χ1n) is 7.51. The summed E-state index contributed by atoms with van der Waals surface area (Å²) in [5, 5.41) is 9.02. The third-order valence-electron chi connectivity index (χ3n) is 3.66. The third kappa shape index (κ3) is 3.99. The fourth-order valence-electron chi connectivity index (χ4n) is 2.38. The summed E-state index contributed by atoms with van der Waals surface area (Å²) in [6, 6.07) is 16.0. The summed E-state index contributed by atoms with van der Waals surface area (Å²) >= 11 is 0. The summed E-state index contributed by atoms with van der Waals surface area (Å²) < 4.78 is 4.67. The minimum atomic E-state index is -0.382. The van der Waals surface area contributed by atoms with Crippen molar-refractivity contribution in [3.8, 4) is 6.07 Å². The average molecular weight is 322 g/mol. The molecule has 2 aromatic rings. The zero-order valence-corrected chi connectivity index (χ0v) is 13.7. The minimum absolute atomic E-state index is 0.0918. The normalized spacial score (nSPS) is 9.88. The number of aryl methyl sites for hydroxylation is 1. The van der Waals surface area contributed by atoms with Gasteiger partial charge in [0.15, 0.2) is 0 Å². The molecule has 0 aliphatic heterocycles. The number of carbonyl (C=O) groups is 2. The maximum Gasteiger partial charge on any atom is 0.307 e. The highest BCUT2D eigenvalue weighted by Gasteiger charge is 2.20. The van der Waals surface area contributed by atoms with E-state index in [9.17, 15) is 9.59 Å². The van der Waals surface area contributed by atoms with Crippen LogP contribution in [0.3, 0.4) is 0 Å². The first kappa shape index (κ1) is 17.2. The molecule has 0 saturated carbocycles. The SMILES string of the molecule is COC(=O)CCN(C(=O)c1cccc(C#N)c1)c1ccccc1C. The molecule has 0 aliphatic rings. The molecule has 0 heterocycles. The van der Waals surface area contributed by atoms with Crippen molar-refractivity contribution >= 4 is 17.6 Å². The molecule has 0 aromatic heterocycles. The molecule has 0 N–H and O–H groups in total. The smallest absolute Gasteiger partial charge is 0.307 e. The van der Waals surface area contributed by atoms with E-state index in [2.05, 4.69) is 4.74 Å². The lowest BCUT2D eigenvalue weighted by Gasteiger charge is -2.24. The number of rotatable bonds is 5. The maximum atomic E-state index is 12.9. The predicted octanol–water partition coefficient (Wildman–Crippen LogP) is 3.08. The standard InChI is InChI=1S/C19H18N2O3/c1-14-6-3-4-9-17(14)21(11-10-18(22)24-2)19(23)16-8-5-7-15(12-16)13-20/h3-9,12H,10-11H2,1-2H3. The molecule has 5 heteroatoms. The van der Waals surface area contributed by atoms with Crippen molar-refractivity contribution in [3.05, 3.63) is 65.2 Å². The summed E-state index contributed by atoms with van der Waals surface area (Å²) in [5.41, 5.74) is 2.47. The summed E-state index contributed by atoms with van der Waals surface area (Å²) in [6.45, 7) is 2.10. The molecule has 2 aromatic carbocycles. The lowest BCUT2D eigenvalue weighted by Crippen LogP contribution is -2.33. The largest absolute Gasteiger partial charge is 0.469 e. The van der Waals surface area contributed by atoms with Gasteiger partial charge in [0.25, 0.3) is 5.91 Å². The number of anilines is 1. The molecule has 0 radical (unpaired) electrons. The predicted molar refractivity (Wildman–Crippen MR) is 90.6 cm³/mol. The Morgan fingerprint density at radius 3 is 2.58 bits per heavy atom. The highest BCUT2D eigenvalue weighted by molar-refractivity contribution is 6.06. The van der Waals surface area contributed by atoms with Crippen molar-refractivity contribution in [2.45, 2.75) is 13.3 Å². The van der Waals surface area contributed by atoms with E-state index in [-0.39, 0.29) is 24.8 Å². The molecular formula is C19H18N2O3. The number of hydrogen-bond acceptors (Lipinski definition) is 4. The molecule has 1 amide bonds. The Labute approximate surface area is 141 Å². The van der Waals surface area contributed by atoms with Crippen LogP contribution in [0.2, 0.25) is 0 Å². The van der Waals surface area contributed by atoms with Gasteiger partial charge in [0.2, 0.25) is 0 Å². The third-order valence-corrected chi connectivity index (χ3v) is 3.66. The van der Waals surface area contributed by atoms with Crippen LogP contribution < -0.4 is 4.90 Å². The Hall–Kier alpha value is -3.13. The van der Waals surface area contributed by atoms with E-state index >= 15 is 0 Å². The second kappa shape index (κ2) is 7.93. The summed E-state index contributed by atoms with van der Waals surface area (Å²) in [7, 11) is 1.32. The number of methoxy groups -OCH3 is 1. The molecule has 0 fully saturated rings. The fourth-order valence-corrected chi connectivity index (χ4v) is 2.38. The van der Waals surface area contributed by atoms with E-state index in [4.69, 9.17) is 5.26 Å². The highest BCUT2D eigenvalue weighted by Crippen LogP contribution is 2.22. The maximum absolute atomic E-state index is 12.9. The van der Waals surface area contributed by atoms with Crippen LogP contribution in [0.4, 0.5) is 5.69 Å². The van der Waals surface area contributed by atoms with Crippen LogP contribution in [-0.4, -0.2) is 25.5 Å². The fraction of sp³-hybridized carbons (Fsp3) is 0.211. The topological polar surface area (TPSA) is 70.4 Å². The molecule has 122 valence electrons. The van der Waals surface area contributed by atoms with Crippen LogP contribution >= 0.6 is 0 Å². The number of ether oxygens (including phenoxy) is 1. The monoisotopic (exact) mass is 322 g/mol. The molecule has 24 heavy (non-hydrogen) atoms. The number of esters is 1. The Morgan fingerprint density at radius 1 is 1.17 bits per heavy atom. The van der Waals surface area contributed by atoms with Crippen LogP contribution in [0, 0.1) is 18.3 Å². The van der Waals surface area contributed by atoms with Crippen LogP contribution in [0.15, 0.2) is 48.5 Å². The first-order chi connectivity index (χ1) is 11.6. The summed E-state index contributed by atoms with van der Waals surface area (Å²) in [4.78, 5) is 26.0. The zero-order chi connectivity index (χ0) is 17.5. The van der Waals surface area contributed by atoms with Crippen LogP contribution in [0.25, 0.3) is 0 Å². The van der Waals surface area contributed by atoms with Crippen molar-refractivity contribution in [2.24, 2.45) is 0 Å². The number of carbonyl (C=O) groups excluding carboxylic acids is 2. The molecular weight excluding hydrogens is 304 g/mol. The van der Waals surface area contributed by atoms with Crippen molar-refractivity contribution < 1.29 is 14.3 Å². The first-order valence-corrected chi connectivity index (χ1v) is 7.51. The molecule has 2 rings (SSSR count). The number of benzene rings is 2. The number of hydrogen-bond donors (Lipinski definition) is 0. The quantitative estimate of drug-likeness (QED) is 0.793. The van der Waals surface area contributed by atoms with Gasteiger partial charge in [0.1, 0.15) is 0 Å². The van der Waals surface area contributed by atoms with Gasteiger partial charge in [-0.25, -0.2) is 0 Å². The van der Waals surface area contributed by atoms with Gasteiger partial charge < -0.3 is 9.64 Å². The van der Waals surface area contributed by atoms with Crippen LogP contribution in [-0.2, 0) is 9.53 Å². The van der Waals surface area contributed by atoms with Gasteiger partial charge in [-0.1, -0.05) is 24.3 Å². The molecule has 5 nitrogen and oxygen atoms in total. The lowest BCUT2D eigenvalue weighted by atomic mass is 10.1. The van der Waals surface area contributed by atoms with Gasteiger partial charge in [-0.2, -0.15) is 5.26 Å². The van der Waals surface area contributed by atoms with E-state index in [0.29, 0.717) is 11.1 Å². The Kier molecular flexibility index (Phi) is 5.69. The van der Waals surface area contributed by atoms with Gasteiger partial charge in [0.05, 0.1) is 25.2 Å². The van der Waals surface area contributed by atoms with Gasteiger partial charge in [0, 0.05) is 17.8 Å². The van der Waals surface area contributed by atoms with Gasteiger partial charge in [-0.3, -0.25) is 9.59 Å². The van der Waals surface area contributed by atoms with Crippen LogP contribution in [0.1, 0.15) is 27.9 Å². The molecule has 0 unspecified atom stereocenters. The van der Waals surface area contributed by atoms with Gasteiger partial charge in [-0.05, 0) is 36.8 Å². The molecule has 0 spiro atoms.